The van der Waals surface area contributed by atoms with Crippen molar-refractivity contribution in [2.45, 2.75) is 13.0 Å². The van der Waals surface area contributed by atoms with Gasteiger partial charge in [0.25, 0.3) is 5.91 Å². The molecule has 1 amide bonds. The monoisotopic (exact) mass is 380 g/mol. The number of benzene rings is 2. The number of rotatable bonds is 3. The van der Waals surface area contributed by atoms with Gasteiger partial charge in [-0.25, -0.2) is 0 Å². The number of aromatic nitrogens is 1. The second kappa shape index (κ2) is 6.97. The van der Waals surface area contributed by atoms with Crippen LogP contribution >= 0.6 is 34.5 Å². The normalized spacial score (nSPS) is 13.2. The quantitative estimate of drug-likeness (QED) is 0.673. The molecule has 3 aromatic rings. The Hall–Kier alpha value is -1.82. The molecule has 0 bridgehead atoms. The Balaban J connectivity index is 1.86. The average molecular weight is 381 g/mol. The second-order valence-electron chi connectivity index (χ2n) is 5.20. The zero-order valence-corrected chi connectivity index (χ0v) is 15.3. The van der Waals surface area contributed by atoms with Gasteiger partial charge in [0.15, 0.2) is 10.9 Å². The van der Waals surface area contributed by atoms with E-state index in [9.17, 15) is 4.79 Å². The molecule has 0 radical (unpaired) electrons. The van der Waals surface area contributed by atoms with Gasteiger partial charge in [0.2, 0.25) is 0 Å². The van der Waals surface area contributed by atoms with Crippen molar-refractivity contribution in [3.05, 3.63) is 57.3 Å². The topological polar surface area (TPSA) is 43.6 Å². The number of halogens is 2. The molecule has 1 heterocycles. The maximum Gasteiger partial charge on any atom is 0.289 e. The predicted molar refractivity (Wildman–Crippen MR) is 97.9 cm³/mol. The summed E-state index contributed by atoms with van der Waals surface area (Å²) in [6.45, 7) is 1.64. The molecule has 0 fully saturated rings. The molecule has 124 valence electrons. The third kappa shape index (κ3) is 3.48. The number of ether oxygens (including phenoxy) is 1. The number of nitrogens with zero attached hydrogens (tertiary/aromatic N) is 2. The van der Waals surface area contributed by atoms with E-state index in [4.69, 9.17) is 27.9 Å². The molecule has 4 nitrogen and oxygen atoms in total. The Morgan fingerprint density at radius 2 is 2.00 bits per heavy atom. The smallest absolute Gasteiger partial charge is 0.289 e. The highest BCUT2D eigenvalue weighted by Gasteiger charge is 2.16. The van der Waals surface area contributed by atoms with Crippen LogP contribution in [0.3, 0.4) is 0 Å². The van der Waals surface area contributed by atoms with Crippen molar-refractivity contribution in [3.8, 4) is 5.75 Å². The van der Waals surface area contributed by atoms with Crippen LogP contribution in [0.2, 0.25) is 10.0 Å². The summed E-state index contributed by atoms with van der Waals surface area (Å²) in [6.07, 6.45) is -0.756. The fraction of sp³-hybridized carbons (Fsp3) is 0.176. The number of carbonyl (C=O) groups is 1. The van der Waals surface area contributed by atoms with Gasteiger partial charge in [0, 0.05) is 12.1 Å². The van der Waals surface area contributed by atoms with Gasteiger partial charge in [-0.1, -0.05) is 46.7 Å². The van der Waals surface area contributed by atoms with E-state index in [1.54, 1.807) is 25.1 Å². The van der Waals surface area contributed by atoms with Gasteiger partial charge in [0.1, 0.15) is 5.75 Å². The highest BCUT2D eigenvalue weighted by Crippen LogP contribution is 2.28. The molecule has 0 spiro atoms. The summed E-state index contributed by atoms with van der Waals surface area (Å²) in [5.74, 6) is 0.0287. The van der Waals surface area contributed by atoms with Crippen LogP contribution in [0.4, 0.5) is 0 Å². The van der Waals surface area contributed by atoms with Gasteiger partial charge < -0.3 is 9.30 Å². The van der Waals surface area contributed by atoms with Gasteiger partial charge in [-0.05, 0) is 37.3 Å². The maximum atomic E-state index is 12.4. The number of aryl methyl sites for hydroxylation is 1. The summed E-state index contributed by atoms with van der Waals surface area (Å²) in [4.78, 5) is 17.2. The van der Waals surface area contributed by atoms with Crippen LogP contribution in [0.25, 0.3) is 10.2 Å². The number of carbonyl (C=O) groups excluding carboxylic acids is 1. The van der Waals surface area contributed by atoms with Crippen molar-refractivity contribution in [2.24, 2.45) is 12.0 Å². The van der Waals surface area contributed by atoms with E-state index in [0.717, 1.165) is 10.2 Å². The fourth-order valence-electron chi connectivity index (χ4n) is 2.19. The first-order chi connectivity index (χ1) is 11.5. The van der Waals surface area contributed by atoms with Crippen LogP contribution in [-0.4, -0.2) is 16.6 Å². The van der Waals surface area contributed by atoms with Crippen LogP contribution in [-0.2, 0) is 11.8 Å². The first-order valence-electron chi connectivity index (χ1n) is 7.20. The highest BCUT2D eigenvalue weighted by atomic mass is 35.5. The molecular formula is C17H14Cl2N2O2S. The SMILES string of the molecule is C[C@@H](Oc1ccc(Cl)cc1Cl)C(=O)N=c1sc2ccccc2n1C. The number of thiazole rings is 1. The minimum atomic E-state index is -0.756. The van der Waals surface area contributed by atoms with E-state index in [-0.39, 0.29) is 5.91 Å². The number of para-hydroxylation sites is 1. The minimum absolute atomic E-state index is 0.356. The molecule has 24 heavy (non-hydrogen) atoms. The average Bonchev–Trinajstić information content (AvgIpc) is 2.86. The van der Waals surface area contributed by atoms with E-state index in [1.807, 2.05) is 35.9 Å². The Kier molecular flexibility index (Phi) is 4.94. The van der Waals surface area contributed by atoms with Gasteiger partial charge in [-0.3, -0.25) is 4.79 Å². The second-order valence-corrected chi connectivity index (χ2v) is 7.05. The summed E-state index contributed by atoms with van der Waals surface area (Å²) in [7, 11) is 1.88. The van der Waals surface area contributed by atoms with Crippen molar-refractivity contribution in [3.63, 3.8) is 0 Å². The van der Waals surface area contributed by atoms with E-state index in [1.165, 1.54) is 11.3 Å². The molecule has 0 saturated carbocycles. The van der Waals surface area contributed by atoms with Crippen LogP contribution in [0, 0.1) is 0 Å². The van der Waals surface area contributed by atoms with Crippen molar-refractivity contribution < 1.29 is 9.53 Å². The molecular weight excluding hydrogens is 367 g/mol. The van der Waals surface area contributed by atoms with Gasteiger partial charge in [0.05, 0.1) is 15.2 Å². The van der Waals surface area contributed by atoms with Crippen LogP contribution in [0.1, 0.15) is 6.92 Å². The van der Waals surface area contributed by atoms with Gasteiger partial charge >= 0.3 is 0 Å². The van der Waals surface area contributed by atoms with E-state index < -0.39 is 6.10 Å². The first kappa shape index (κ1) is 17.0. The van der Waals surface area contributed by atoms with Crippen molar-refractivity contribution in [1.82, 2.24) is 4.57 Å². The lowest BCUT2D eigenvalue weighted by Crippen LogP contribution is -2.25. The third-order valence-electron chi connectivity index (χ3n) is 3.47. The lowest BCUT2D eigenvalue weighted by Gasteiger charge is -2.12. The first-order valence-corrected chi connectivity index (χ1v) is 8.78. The summed E-state index contributed by atoms with van der Waals surface area (Å²) in [5.41, 5.74) is 1.03. The molecule has 3 rings (SSSR count). The van der Waals surface area contributed by atoms with Crippen molar-refractivity contribution in [1.29, 1.82) is 0 Å². The molecule has 0 N–H and O–H groups in total. The molecule has 1 atom stereocenters. The number of fused-ring (bicyclic) bond motifs is 1. The number of amides is 1. The summed E-state index contributed by atoms with van der Waals surface area (Å²) in [6, 6.07) is 12.8. The summed E-state index contributed by atoms with van der Waals surface area (Å²) in [5, 5.41) is 0.864. The Morgan fingerprint density at radius 3 is 2.71 bits per heavy atom. The van der Waals surface area contributed by atoms with Gasteiger partial charge in [-0.15, -0.1) is 0 Å². The molecule has 0 unspecified atom stereocenters. The largest absolute Gasteiger partial charge is 0.479 e. The zero-order chi connectivity index (χ0) is 17.3. The maximum absolute atomic E-state index is 12.4. The lowest BCUT2D eigenvalue weighted by atomic mass is 10.3. The van der Waals surface area contributed by atoms with Crippen LogP contribution < -0.4 is 9.54 Å². The minimum Gasteiger partial charge on any atom is -0.479 e. The molecule has 0 aliphatic carbocycles. The van der Waals surface area contributed by atoms with E-state index in [2.05, 4.69) is 4.99 Å². The molecule has 1 aromatic heterocycles. The number of hydrogen-bond donors (Lipinski definition) is 0. The molecule has 0 saturated heterocycles. The van der Waals surface area contributed by atoms with E-state index >= 15 is 0 Å². The molecule has 0 aliphatic rings. The predicted octanol–water partition coefficient (Wildman–Crippen LogP) is 4.44. The lowest BCUT2D eigenvalue weighted by molar-refractivity contribution is -0.124. The Labute approximate surface area is 152 Å². The van der Waals surface area contributed by atoms with Gasteiger partial charge in [-0.2, -0.15) is 4.99 Å². The summed E-state index contributed by atoms with van der Waals surface area (Å²) >= 11 is 13.4. The summed E-state index contributed by atoms with van der Waals surface area (Å²) < 4.78 is 8.57. The fourth-order valence-corrected chi connectivity index (χ4v) is 3.66. The Morgan fingerprint density at radius 1 is 1.25 bits per heavy atom. The van der Waals surface area contributed by atoms with E-state index in [0.29, 0.717) is 20.6 Å². The zero-order valence-electron chi connectivity index (χ0n) is 13.0. The van der Waals surface area contributed by atoms with Crippen LogP contribution in [0.5, 0.6) is 5.75 Å². The van der Waals surface area contributed by atoms with Crippen molar-refractivity contribution in [2.75, 3.05) is 0 Å². The molecule has 0 aliphatic heterocycles. The van der Waals surface area contributed by atoms with Crippen LogP contribution in [0.15, 0.2) is 47.5 Å². The highest BCUT2D eigenvalue weighted by molar-refractivity contribution is 7.16. The third-order valence-corrected chi connectivity index (χ3v) is 5.11. The standard InChI is InChI=1S/C17H14Cl2N2O2S/c1-10(23-14-8-7-11(18)9-12(14)19)16(22)20-17-21(2)13-5-3-4-6-15(13)24-17/h3-10H,1-2H3/t10-/m1/s1. The Bertz CT molecular complexity index is 978. The molecule has 7 heteroatoms. The molecule has 2 aromatic carbocycles. The van der Waals surface area contributed by atoms with Crippen molar-refractivity contribution >= 4 is 50.7 Å². The number of hydrogen-bond acceptors (Lipinski definition) is 3.